The van der Waals surface area contributed by atoms with Crippen LogP contribution < -0.4 is 10.7 Å². The molecule has 4 nitrogen and oxygen atoms in total. The maximum Gasteiger partial charge on any atom is 0.229 e. The highest BCUT2D eigenvalue weighted by molar-refractivity contribution is 5.96. The maximum absolute atomic E-state index is 12.5. The largest absolute Gasteiger partial charge is 0.456 e. The van der Waals surface area contributed by atoms with E-state index in [-0.39, 0.29) is 11.3 Å². The molecule has 0 saturated heterocycles. The fourth-order valence-electron chi connectivity index (χ4n) is 2.53. The Morgan fingerprint density at radius 3 is 2.44 bits per heavy atom. The first-order valence-electron chi connectivity index (χ1n) is 8.21. The van der Waals surface area contributed by atoms with Crippen molar-refractivity contribution in [2.75, 3.05) is 5.32 Å². The highest BCUT2D eigenvalue weighted by Crippen LogP contribution is 2.26. The molecule has 1 amide bonds. The first kappa shape index (κ1) is 17.0. The quantitative estimate of drug-likeness (QED) is 0.735. The van der Waals surface area contributed by atoms with Crippen molar-refractivity contribution in [3.8, 4) is 11.3 Å². The van der Waals surface area contributed by atoms with Gasteiger partial charge in [0.15, 0.2) is 5.43 Å². The van der Waals surface area contributed by atoms with E-state index in [9.17, 15) is 9.59 Å². The Labute approximate surface area is 146 Å². The number of hydrogen-bond acceptors (Lipinski definition) is 3. The van der Waals surface area contributed by atoms with Crippen molar-refractivity contribution in [3.05, 3.63) is 64.3 Å². The van der Waals surface area contributed by atoms with Crippen molar-refractivity contribution in [3.63, 3.8) is 0 Å². The van der Waals surface area contributed by atoms with Gasteiger partial charge in [0.25, 0.3) is 0 Å². The summed E-state index contributed by atoms with van der Waals surface area (Å²) in [6.07, 6.45) is 0. The topological polar surface area (TPSA) is 59.3 Å². The number of carbonyl (C=O) groups excluding carboxylic acids is 1. The average Bonchev–Trinajstić information content (AvgIpc) is 2.55. The zero-order valence-corrected chi connectivity index (χ0v) is 14.8. The van der Waals surface area contributed by atoms with E-state index in [0.29, 0.717) is 22.4 Å². The molecule has 2 aromatic carbocycles. The number of anilines is 1. The van der Waals surface area contributed by atoms with Gasteiger partial charge in [-0.1, -0.05) is 45.0 Å². The second-order valence-electron chi connectivity index (χ2n) is 7.20. The Morgan fingerprint density at radius 1 is 1.04 bits per heavy atom. The predicted molar refractivity (Wildman–Crippen MR) is 101 cm³/mol. The van der Waals surface area contributed by atoms with E-state index in [0.717, 1.165) is 11.1 Å². The van der Waals surface area contributed by atoms with E-state index in [1.807, 2.05) is 52.0 Å². The summed E-state index contributed by atoms with van der Waals surface area (Å²) in [6.45, 7) is 7.50. The standard InChI is InChI=1S/C21H21NO3/c1-13-7-5-6-8-15(13)19-12-17(23)16-11-14(9-10-18(16)25-19)22-20(24)21(2,3)4/h5-12H,1-4H3,(H,22,24). The molecular weight excluding hydrogens is 314 g/mol. The van der Waals surface area contributed by atoms with Gasteiger partial charge in [-0.25, -0.2) is 0 Å². The number of carbonyl (C=O) groups is 1. The van der Waals surface area contributed by atoms with Gasteiger partial charge in [0.05, 0.1) is 5.39 Å². The Balaban J connectivity index is 2.04. The van der Waals surface area contributed by atoms with Gasteiger partial charge in [0.1, 0.15) is 11.3 Å². The van der Waals surface area contributed by atoms with Gasteiger partial charge in [-0.3, -0.25) is 9.59 Å². The SMILES string of the molecule is Cc1ccccc1-c1cc(=O)c2cc(NC(=O)C(C)(C)C)ccc2o1. The third-order valence-electron chi connectivity index (χ3n) is 4.08. The van der Waals surface area contributed by atoms with Gasteiger partial charge in [0, 0.05) is 22.7 Å². The fraction of sp³-hybridized carbons (Fsp3) is 0.238. The number of amides is 1. The Hall–Kier alpha value is -2.88. The van der Waals surface area contributed by atoms with Crippen molar-refractivity contribution >= 4 is 22.6 Å². The van der Waals surface area contributed by atoms with E-state index in [2.05, 4.69) is 5.32 Å². The molecule has 128 valence electrons. The molecule has 0 spiro atoms. The summed E-state index contributed by atoms with van der Waals surface area (Å²) >= 11 is 0. The number of hydrogen-bond donors (Lipinski definition) is 1. The molecule has 0 radical (unpaired) electrons. The minimum Gasteiger partial charge on any atom is -0.456 e. The van der Waals surface area contributed by atoms with Crippen LogP contribution in [0.15, 0.2) is 57.7 Å². The molecule has 3 aromatic rings. The molecule has 0 saturated carbocycles. The van der Waals surface area contributed by atoms with Gasteiger partial charge in [-0.2, -0.15) is 0 Å². The van der Waals surface area contributed by atoms with Gasteiger partial charge in [0.2, 0.25) is 5.91 Å². The van der Waals surface area contributed by atoms with Crippen LogP contribution in [0.4, 0.5) is 5.69 Å². The van der Waals surface area contributed by atoms with E-state index in [4.69, 9.17) is 4.42 Å². The lowest BCUT2D eigenvalue weighted by Gasteiger charge is -2.17. The fourth-order valence-corrected chi connectivity index (χ4v) is 2.53. The molecule has 0 aliphatic heterocycles. The first-order chi connectivity index (χ1) is 11.8. The molecule has 3 rings (SSSR count). The van der Waals surface area contributed by atoms with Gasteiger partial charge in [-0.15, -0.1) is 0 Å². The lowest BCUT2D eigenvalue weighted by atomic mass is 9.95. The summed E-state index contributed by atoms with van der Waals surface area (Å²) in [5.41, 5.74) is 2.38. The van der Waals surface area contributed by atoms with Gasteiger partial charge in [-0.05, 0) is 30.7 Å². The third kappa shape index (κ3) is 3.48. The number of benzene rings is 2. The number of fused-ring (bicyclic) bond motifs is 1. The first-order valence-corrected chi connectivity index (χ1v) is 8.21. The van der Waals surface area contributed by atoms with Crippen LogP contribution in [-0.2, 0) is 4.79 Å². The number of aryl methyl sites for hydroxylation is 1. The van der Waals surface area contributed by atoms with Crippen molar-refractivity contribution in [2.45, 2.75) is 27.7 Å². The summed E-state index contributed by atoms with van der Waals surface area (Å²) in [7, 11) is 0. The molecule has 1 heterocycles. The highest BCUT2D eigenvalue weighted by atomic mass is 16.3. The van der Waals surface area contributed by atoms with Crippen LogP contribution in [0.2, 0.25) is 0 Å². The molecule has 0 bridgehead atoms. The average molecular weight is 335 g/mol. The number of rotatable bonds is 2. The molecular formula is C21H21NO3. The summed E-state index contributed by atoms with van der Waals surface area (Å²) in [4.78, 5) is 24.7. The second kappa shape index (κ2) is 6.20. The summed E-state index contributed by atoms with van der Waals surface area (Å²) in [5, 5.41) is 3.29. The Morgan fingerprint density at radius 2 is 1.76 bits per heavy atom. The molecule has 1 N–H and O–H groups in total. The normalized spacial score (nSPS) is 11.5. The highest BCUT2D eigenvalue weighted by Gasteiger charge is 2.21. The monoisotopic (exact) mass is 335 g/mol. The van der Waals surface area contributed by atoms with Crippen LogP contribution in [0.5, 0.6) is 0 Å². The molecule has 0 fully saturated rings. The van der Waals surface area contributed by atoms with Crippen molar-refractivity contribution < 1.29 is 9.21 Å². The molecule has 1 aromatic heterocycles. The summed E-state index contributed by atoms with van der Waals surface area (Å²) < 4.78 is 5.92. The summed E-state index contributed by atoms with van der Waals surface area (Å²) in [6, 6.07) is 14.4. The lowest BCUT2D eigenvalue weighted by molar-refractivity contribution is -0.123. The smallest absolute Gasteiger partial charge is 0.229 e. The van der Waals surface area contributed by atoms with E-state index >= 15 is 0 Å². The van der Waals surface area contributed by atoms with Crippen molar-refractivity contribution in [1.29, 1.82) is 0 Å². The molecule has 4 heteroatoms. The van der Waals surface area contributed by atoms with E-state index in [1.54, 1.807) is 18.2 Å². The molecule has 0 unspecified atom stereocenters. The molecule has 0 atom stereocenters. The van der Waals surface area contributed by atoms with Crippen molar-refractivity contribution in [2.24, 2.45) is 5.41 Å². The Kier molecular flexibility index (Phi) is 4.21. The van der Waals surface area contributed by atoms with Crippen LogP contribution in [0.25, 0.3) is 22.3 Å². The van der Waals surface area contributed by atoms with E-state index in [1.165, 1.54) is 6.07 Å². The predicted octanol–water partition coefficient (Wildman–Crippen LogP) is 4.75. The lowest BCUT2D eigenvalue weighted by Crippen LogP contribution is -2.27. The maximum atomic E-state index is 12.5. The van der Waals surface area contributed by atoms with Crippen LogP contribution in [0, 0.1) is 12.3 Å². The molecule has 0 aliphatic rings. The Bertz CT molecular complexity index is 1010. The summed E-state index contributed by atoms with van der Waals surface area (Å²) in [5.74, 6) is 0.440. The zero-order valence-electron chi connectivity index (χ0n) is 14.8. The minimum atomic E-state index is -0.506. The second-order valence-corrected chi connectivity index (χ2v) is 7.20. The van der Waals surface area contributed by atoms with Crippen LogP contribution in [0.3, 0.4) is 0 Å². The van der Waals surface area contributed by atoms with Crippen LogP contribution in [-0.4, -0.2) is 5.91 Å². The minimum absolute atomic E-state index is 0.104. The zero-order chi connectivity index (χ0) is 18.2. The third-order valence-corrected chi connectivity index (χ3v) is 4.08. The van der Waals surface area contributed by atoms with Gasteiger partial charge < -0.3 is 9.73 Å². The molecule has 0 aliphatic carbocycles. The van der Waals surface area contributed by atoms with Crippen LogP contribution in [0.1, 0.15) is 26.3 Å². The van der Waals surface area contributed by atoms with Gasteiger partial charge >= 0.3 is 0 Å². The van der Waals surface area contributed by atoms with E-state index < -0.39 is 5.41 Å². The van der Waals surface area contributed by atoms with Crippen molar-refractivity contribution in [1.82, 2.24) is 0 Å². The van der Waals surface area contributed by atoms with Crippen LogP contribution >= 0.6 is 0 Å². The molecule has 25 heavy (non-hydrogen) atoms. The number of nitrogens with one attached hydrogen (secondary N) is 1.